The number of hydrogen-bond acceptors (Lipinski definition) is 3. The first-order valence-corrected chi connectivity index (χ1v) is 6.38. The predicted octanol–water partition coefficient (Wildman–Crippen LogP) is 4.31. The molecule has 3 nitrogen and oxygen atoms in total. The molecule has 0 amide bonds. The van der Waals surface area contributed by atoms with Crippen LogP contribution in [-0.4, -0.2) is 10.1 Å². The van der Waals surface area contributed by atoms with E-state index < -0.39 is 0 Å². The van der Waals surface area contributed by atoms with Gasteiger partial charge in [-0.3, -0.25) is 0 Å². The molecule has 0 aliphatic heterocycles. The zero-order chi connectivity index (χ0) is 13.2. The molecule has 0 fully saturated rings. The lowest BCUT2D eigenvalue weighted by molar-refractivity contribution is 0.429. The molecule has 0 saturated heterocycles. The van der Waals surface area contributed by atoms with Crippen molar-refractivity contribution in [3.8, 4) is 22.8 Å². The van der Waals surface area contributed by atoms with Crippen LogP contribution in [0.3, 0.4) is 0 Å². The van der Waals surface area contributed by atoms with Crippen molar-refractivity contribution in [3.05, 3.63) is 58.8 Å². The average Bonchev–Trinajstić information content (AvgIpc) is 2.89. The predicted molar refractivity (Wildman–Crippen MR) is 72.8 cm³/mol. The largest absolute Gasteiger partial charge is 0.334 e. The van der Waals surface area contributed by atoms with Gasteiger partial charge in [0, 0.05) is 10.0 Å². The molecule has 0 radical (unpaired) electrons. The van der Waals surface area contributed by atoms with Gasteiger partial charge in [-0.15, -0.1) is 0 Å². The highest BCUT2D eigenvalue weighted by atomic mass is 79.9. The van der Waals surface area contributed by atoms with E-state index in [1.165, 1.54) is 6.07 Å². The molecule has 0 atom stereocenters. The lowest BCUT2D eigenvalue weighted by atomic mass is 10.2. The van der Waals surface area contributed by atoms with E-state index in [0.29, 0.717) is 11.4 Å². The smallest absolute Gasteiger partial charge is 0.261 e. The number of nitrogens with zero attached hydrogens (tertiary/aromatic N) is 2. The van der Waals surface area contributed by atoms with Crippen LogP contribution in [0, 0.1) is 5.82 Å². The molecule has 1 aromatic heterocycles. The zero-order valence-corrected chi connectivity index (χ0v) is 11.3. The van der Waals surface area contributed by atoms with Crippen LogP contribution < -0.4 is 0 Å². The van der Waals surface area contributed by atoms with Crippen LogP contribution in [0.1, 0.15) is 0 Å². The molecule has 19 heavy (non-hydrogen) atoms. The van der Waals surface area contributed by atoms with Crippen LogP contribution >= 0.6 is 15.9 Å². The van der Waals surface area contributed by atoms with E-state index in [1.807, 2.05) is 24.3 Å². The maximum Gasteiger partial charge on any atom is 0.261 e. The van der Waals surface area contributed by atoms with Gasteiger partial charge in [0.15, 0.2) is 0 Å². The van der Waals surface area contributed by atoms with Crippen molar-refractivity contribution in [3.63, 3.8) is 0 Å². The van der Waals surface area contributed by atoms with Crippen LogP contribution in [-0.2, 0) is 0 Å². The molecule has 3 aromatic rings. The minimum atomic E-state index is -0.384. The number of aromatic nitrogens is 2. The van der Waals surface area contributed by atoms with Crippen molar-refractivity contribution in [2.24, 2.45) is 0 Å². The Balaban J connectivity index is 2.06. The van der Waals surface area contributed by atoms with Gasteiger partial charge >= 0.3 is 0 Å². The second-order valence-corrected chi connectivity index (χ2v) is 4.74. The van der Waals surface area contributed by atoms with Gasteiger partial charge in [0.1, 0.15) is 5.82 Å². The van der Waals surface area contributed by atoms with Crippen molar-refractivity contribution in [1.29, 1.82) is 0 Å². The van der Waals surface area contributed by atoms with Gasteiger partial charge in [-0.1, -0.05) is 45.4 Å². The first-order valence-electron chi connectivity index (χ1n) is 5.59. The number of benzene rings is 2. The van der Waals surface area contributed by atoms with Crippen molar-refractivity contribution < 1.29 is 8.91 Å². The van der Waals surface area contributed by atoms with Gasteiger partial charge in [-0.25, -0.2) is 4.39 Å². The van der Waals surface area contributed by atoms with E-state index in [2.05, 4.69) is 26.1 Å². The van der Waals surface area contributed by atoms with Crippen LogP contribution in [0.2, 0.25) is 0 Å². The molecule has 0 aliphatic carbocycles. The second-order valence-electron chi connectivity index (χ2n) is 3.88. The van der Waals surface area contributed by atoms with E-state index in [1.54, 1.807) is 18.2 Å². The summed E-state index contributed by atoms with van der Waals surface area (Å²) in [6.07, 6.45) is 0. The van der Waals surface area contributed by atoms with Crippen molar-refractivity contribution in [2.75, 3.05) is 0 Å². The number of halogens is 2. The van der Waals surface area contributed by atoms with Crippen LogP contribution in [0.25, 0.3) is 22.8 Å². The Kier molecular flexibility index (Phi) is 3.13. The monoisotopic (exact) mass is 318 g/mol. The minimum Gasteiger partial charge on any atom is -0.334 e. The molecular weight excluding hydrogens is 311 g/mol. The van der Waals surface area contributed by atoms with Crippen LogP contribution in [0.15, 0.2) is 57.5 Å². The summed E-state index contributed by atoms with van der Waals surface area (Å²) in [5, 5.41) is 3.88. The second kappa shape index (κ2) is 4.93. The van der Waals surface area contributed by atoms with Crippen molar-refractivity contribution in [2.45, 2.75) is 0 Å². The molecule has 94 valence electrons. The summed E-state index contributed by atoms with van der Waals surface area (Å²) in [4.78, 5) is 4.22. The molecule has 3 rings (SSSR count). The Morgan fingerprint density at radius 3 is 2.37 bits per heavy atom. The molecule has 0 bridgehead atoms. The van der Waals surface area contributed by atoms with Gasteiger partial charge in [-0.05, 0) is 24.3 Å². The Morgan fingerprint density at radius 1 is 0.947 bits per heavy atom. The summed E-state index contributed by atoms with van der Waals surface area (Å²) in [5.74, 6) is 0.208. The molecule has 0 saturated carbocycles. The molecule has 0 spiro atoms. The Hall–Kier alpha value is -2.01. The maximum absolute atomic E-state index is 13.6. The summed E-state index contributed by atoms with van der Waals surface area (Å²) >= 11 is 3.42. The molecule has 0 N–H and O–H groups in total. The highest BCUT2D eigenvalue weighted by Gasteiger charge is 2.14. The fraction of sp³-hybridized carbons (Fsp3) is 0. The van der Waals surface area contributed by atoms with Crippen molar-refractivity contribution in [1.82, 2.24) is 10.1 Å². The van der Waals surface area contributed by atoms with Gasteiger partial charge < -0.3 is 4.52 Å². The summed E-state index contributed by atoms with van der Waals surface area (Å²) < 4.78 is 19.6. The minimum absolute atomic E-state index is 0.170. The van der Waals surface area contributed by atoms with E-state index in [0.717, 1.165) is 10.0 Å². The lowest BCUT2D eigenvalue weighted by Crippen LogP contribution is -1.85. The Labute approximate surface area is 117 Å². The molecule has 0 unspecified atom stereocenters. The van der Waals surface area contributed by atoms with Crippen LogP contribution in [0.4, 0.5) is 4.39 Å². The number of hydrogen-bond donors (Lipinski definition) is 0. The molecule has 5 heteroatoms. The van der Waals surface area contributed by atoms with Gasteiger partial charge in [0.05, 0.1) is 5.56 Å². The molecular formula is C14H8BrFN2O. The normalized spacial score (nSPS) is 10.6. The van der Waals surface area contributed by atoms with E-state index in [-0.39, 0.29) is 11.7 Å². The summed E-state index contributed by atoms with van der Waals surface area (Å²) in [6.45, 7) is 0. The fourth-order valence-electron chi connectivity index (χ4n) is 1.72. The topological polar surface area (TPSA) is 38.9 Å². The lowest BCUT2D eigenvalue weighted by Gasteiger charge is -1.97. The maximum atomic E-state index is 13.6. The van der Waals surface area contributed by atoms with Gasteiger partial charge in [0.25, 0.3) is 5.89 Å². The molecule has 1 heterocycles. The first kappa shape index (κ1) is 12.0. The summed E-state index contributed by atoms with van der Waals surface area (Å²) in [5.41, 5.74) is 1.10. The molecule has 2 aromatic carbocycles. The molecule has 0 aliphatic rings. The third-order valence-electron chi connectivity index (χ3n) is 2.65. The highest BCUT2D eigenvalue weighted by Crippen LogP contribution is 2.28. The fourth-order valence-corrected chi connectivity index (χ4v) is 2.18. The average molecular weight is 319 g/mol. The Bertz CT molecular complexity index is 667. The Morgan fingerprint density at radius 2 is 1.63 bits per heavy atom. The standard InChI is InChI=1S/C14H8BrFN2O/c15-11-7-3-1-5-9(11)13-17-14(19-18-13)10-6-2-4-8-12(10)16/h1-8H. The quantitative estimate of drug-likeness (QED) is 0.707. The van der Waals surface area contributed by atoms with Gasteiger partial charge in [-0.2, -0.15) is 4.98 Å². The van der Waals surface area contributed by atoms with Crippen LogP contribution in [0.5, 0.6) is 0 Å². The van der Waals surface area contributed by atoms with Crippen molar-refractivity contribution >= 4 is 15.9 Å². The van der Waals surface area contributed by atoms with Gasteiger partial charge in [0.2, 0.25) is 5.82 Å². The third kappa shape index (κ3) is 2.29. The van der Waals surface area contributed by atoms with E-state index >= 15 is 0 Å². The van der Waals surface area contributed by atoms with E-state index in [9.17, 15) is 4.39 Å². The SMILES string of the molecule is Fc1ccccc1-c1nc(-c2ccccc2Br)no1. The summed E-state index contributed by atoms with van der Waals surface area (Å²) in [7, 11) is 0. The van der Waals surface area contributed by atoms with E-state index in [4.69, 9.17) is 4.52 Å². The summed E-state index contributed by atoms with van der Waals surface area (Å²) in [6, 6.07) is 13.8. The zero-order valence-electron chi connectivity index (χ0n) is 9.68. The number of rotatable bonds is 2. The third-order valence-corrected chi connectivity index (χ3v) is 3.34. The highest BCUT2D eigenvalue weighted by molar-refractivity contribution is 9.10. The first-order chi connectivity index (χ1) is 9.25.